The van der Waals surface area contributed by atoms with E-state index in [1.165, 1.54) is 13.8 Å². The lowest BCUT2D eigenvalue weighted by Gasteiger charge is -2.26. The van der Waals surface area contributed by atoms with Crippen LogP contribution >= 0.6 is 0 Å². The van der Waals surface area contributed by atoms with Crippen molar-refractivity contribution in [2.24, 2.45) is 11.7 Å². The van der Waals surface area contributed by atoms with Crippen molar-refractivity contribution in [3.63, 3.8) is 0 Å². The fraction of sp³-hybridized carbons (Fsp3) is 0.647. The smallest absolute Gasteiger partial charge is 0.328 e. The Hall–Kier alpha value is -3.26. The van der Waals surface area contributed by atoms with Gasteiger partial charge >= 0.3 is 17.9 Å². The molecule has 3 amide bonds. The third-order valence-electron chi connectivity index (χ3n) is 4.06. The summed E-state index contributed by atoms with van der Waals surface area (Å²) in [5.74, 6) is -7.57. The van der Waals surface area contributed by atoms with E-state index in [2.05, 4.69) is 16.0 Å². The maximum absolute atomic E-state index is 12.6. The molecule has 0 heterocycles. The summed E-state index contributed by atoms with van der Waals surface area (Å²) in [6.45, 7) is 2.18. The van der Waals surface area contributed by atoms with Crippen molar-refractivity contribution < 1.29 is 49.2 Å². The van der Waals surface area contributed by atoms with Crippen molar-refractivity contribution >= 4 is 35.6 Å². The number of carboxylic acids is 3. The van der Waals surface area contributed by atoms with Crippen molar-refractivity contribution in [2.75, 3.05) is 6.61 Å². The van der Waals surface area contributed by atoms with Gasteiger partial charge in [-0.2, -0.15) is 0 Å². The first-order valence-corrected chi connectivity index (χ1v) is 9.24. The van der Waals surface area contributed by atoms with E-state index in [9.17, 15) is 28.8 Å². The minimum absolute atomic E-state index is 0.381. The number of aliphatic hydroxyl groups excluding tert-OH is 1. The number of hydrogen-bond acceptors (Lipinski definition) is 8. The summed E-state index contributed by atoms with van der Waals surface area (Å²) < 4.78 is 0. The van der Waals surface area contributed by atoms with E-state index >= 15 is 0 Å². The van der Waals surface area contributed by atoms with Gasteiger partial charge in [-0.15, -0.1) is 0 Å². The largest absolute Gasteiger partial charge is 0.481 e. The molecule has 0 aliphatic carbocycles. The molecule has 0 aromatic carbocycles. The molecule has 0 aliphatic rings. The molecule has 0 spiro atoms. The molecule has 0 fully saturated rings. The van der Waals surface area contributed by atoms with Crippen LogP contribution in [-0.4, -0.2) is 86.8 Å². The van der Waals surface area contributed by atoms with E-state index in [0.717, 1.165) is 0 Å². The molecule has 31 heavy (non-hydrogen) atoms. The van der Waals surface area contributed by atoms with Crippen molar-refractivity contribution in [3.05, 3.63) is 0 Å². The first kappa shape index (κ1) is 27.7. The van der Waals surface area contributed by atoms with Crippen LogP contribution in [0.2, 0.25) is 0 Å². The summed E-state index contributed by atoms with van der Waals surface area (Å²) in [5, 5.41) is 42.0. The number of carbonyl (C=O) groups excluding carboxylic acids is 3. The first-order chi connectivity index (χ1) is 14.3. The zero-order valence-corrected chi connectivity index (χ0v) is 17.0. The minimum atomic E-state index is -1.61. The number of hydrogen-bond donors (Lipinski definition) is 8. The van der Waals surface area contributed by atoms with Crippen LogP contribution in [0.25, 0.3) is 0 Å². The van der Waals surface area contributed by atoms with E-state index in [4.69, 9.17) is 26.2 Å². The fourth-order valence-electron chi connectivity index (χ4n) is 2.33. The van der Waals surface area contributed by atoms with Crippen LogP contribution in [0.15, 0.2) is 0 Å². The number of nitrogens with two attached hydrogens (primary N) is 1. The zero-order valence-electron chi connectivity index (χ0n) is 17.0. The second kappa shape index (κ2) is 13.1. The van der Waals surface area contributed by atoms with Gasteiger partial charge in [0.15, 0.2) is 0 Å². The van der Waals surface area contributed by atoms with Gasteiger partial charge in [0.1, 0.15) is 18.1 Å². The third-order valence-corrected chi connectivity index (χ3v) is 4.06. The van der Waals surface area contributed by atoms with Crippen LogP contribution in [-0.2, 0) is 28.8 Å². The van der Waals surface area contributed by atoms with E-state index < -0.39 is 85.2 Å². The number of carbonyl (C=O) groups is 6. The normalized spacial score (nSPS) is 14.6. The Morgan fingerprint density at radius 1 is 0.806 bits per heavy atom. The van der Waals surface area contributed by atoms with Gasteiger partial charge in [-0.05, 0) is 12.3 Å². The molecule has 0 aliphatic heterocycles. The molecule has 176 valence electrons. The van der Waals surface area contributed by atoms with Gasteiger partial charge in [0, 0.05) is 6.42 Å². The molecular weight excluding hydrogens is 420 g/mol. The predicted molar refractivity (Wildman–Crippen MR) is 102 cm³/mol. The highest BCUT2D eigenvalue weighted by Gasteiger charge is 2.32. The summed E-state index contributed by atoms with van der Waals surface area (Å²) >= 11 is 0. The molecule has 14 nitrogen and oxygen atoms in total. The monoisotopic (exact) mass is 448 g/mol. The Balaban J connectivity index is 5.42. The molecule has 9 N–H and O–H groups in total. The van der Waals surface area contributed by atoms with Gasteiger partial charge < -0.3 is 42.1 Å². The molecule has 0 aromatic heterocycles. The second-order valence-corrected chi connectivity index (χ2v) is 7.01. The molecule has 0 saturated heterocycles. The zero-order chi connectivity index (χ0) is 24.3. The van der Waals surface area contributed by atoms with Crippen LogP contribution in [0, 0.1) is 5.92 Å². The van der Waals surface area contributed by atoms with Crippen LogP contribution in [0.5, 0.6) is 0 Å². The lowest BCUT2D eigenvalue weighted by molar-refractivity contribution is -0.143. The Morgan fingerprint density at radius 3 is 1.77 bits per heavy atom. The molecule has 0 radical (unpaired) electrons. The number of nitrogens with one attached hydrogen (secondary N) is 3. The van der Waals surface area contributed by atoms with Crippen molar-refractivity contribution in [1.29, 1.82) is 0 Å². The molecule has 0 saturated carbocycles. The van der Waals surface area contributed by atoms with Crippen molar-refractivity contribution in [1.82, 2.24) is 16.0 Å². The quantitative estimate of drug-likeness (QED) is 0.132. The van der Waals surface area contributed by atoms with Gasteiger partial charge in [0.05, 0.1) is 19.1 Å². The second-order valence-electron chi connectivity index (χ2n) is 7.01. The SMILES string of the molecule is CC(C)C(NC(=O)C(CCC(=O)O)NC(=O)C(N)CC(=O)O)C(=O)NC(CO)C(=O)O. The van der Waals surface area contributed by atoms with Gasteiger partial charge in [-0.25, -0.2) is 4.79 Å². The van der Waals surface area contributed by atoms with E-state index in [1.54, 1.807) is 0 Å². The maximum Gasteiger partial charge on any atom is 0.328 e. The Morgan fingerprint density at radius 2 is 1.35 bits per heavy atom. The topological polar surface area (TPSA) is 245 Å². The predicted octanol–water partition coefficient (Wildman–Crippen LogP) is -3.16. The number of aliphatic hydroxyl groups is 1. The summed E-state index contributed by atoms with van der Waals surface area (Å²) in [6, 6.07) is -5.84. The highest BCUT2D eigenvalue weighted by atomic mass is 16.4. The van der Waals surface area contributed by atoms with Gasteiger partial charge in [-0.1, -0.05) is 13.8 Å². The van der Waals surface area contributed by atoms with Gasteiger partial charge in [-0.3, -0.25) is 24.0 Å². The highest BCUT2D eigenvalue weighted by molar-refractivity contribution is 5.95. The fourth-order valence-corrected chi connectivity index (χ4v) is 2.33. The third kappa shape index (κ3) is 10.4. The standard InChI is InChI=1S/C17H28N4O10/c1-7(2)13(16(29)20-10(6-22)17(30)31)21-15(28)9(3-4-11(23)24)19-14(27)8(18)5-12(25)26/h7-10,13,22H,3-6,18H2,1-2H3,(H,19,27)(H,20,29)(H,21,28)(H,23,24)(H,25,26)(H,30,31). The van der Waals surface area contributed by atoms with Crippen LogP contribution in [0.4, 0.5) is 0 Å². The van der Waals surface area contributed by atoms with Gasteiger partial charge in [0.2, 0.25) is 17.7 Å². The number of amides is 3. The average molecular weight is 448 g/mol. The van der Waals surface area contributed by atoms with Crippen molar-refractivity contribution in [3.8, 4) is 0 Å². The molecule has 4 atom stereocenters. The Labute approximate surface area is 177 Å². The lowest BCUT2D eigenvalue weighted by Crippen LogP contribution is -2.59. The van der Waals surface area contributed by atoms with Gasteiger partial charge in [0.25, 0.3) is 0 Å². The lowest BCUT2D eigenvalue weighted by atomic mass is 10.0. The maximum atomic E-state index is 12.6. The summed E-state index contributed by atoms with van der Waals surface area (Å²) in [6.07, 6.45) is -1.64. The minimum Gasteiger partial charge on any atom is -0.481 e. The first-order valence-electron chi connectivity index (χ1n) is 9.24. The van der Waals surface area contributed by atoms with Crippen LogP contribution < -0.4 is 21.7 Å². The van der Waals surface area contributed by atoms with E-state index in [0.29, 0.717) is 0 Å². The van der Waals surface area contributed by atoms with E-state index in [1.807, 2.05) is 0 Å². The molecule has 4 unspecified atom stereocenters. The van der Waals surface area contributed by atoms with E-state index in [-0.39, 0.29) is 6.42 Å². The molecule has 0 rings (SSSR count). The van der Waals surface area contributed by atoms with Crippen molar-refractivity contribution in [2.45, 2.75) is 57.3 Å². The number of carboxylic acid groups (broad SMARTS) is 3. The summed E-state index contributed by atoms with van der Waals surface area (Å²) in [4.78, 5) is 69.6. The Bertz CT molecular complexity index is 696. The molecular formula is C17H28N4O10. The van der Waals surface area contributed by atoms with Crippen LogP contribution in [0.1, 0.15) is 33.1 Å². The Kier molecular flexibility index (Phi) is 11.7. The van der Waals surface area contributed by atoms with Crippen LogP contribution in [0.3, 0.4) is 0 Å². The number of rotatable bonds is 14. The summed E-state index contributed by atoms with van der Waals surface area (Å²) in [5.41, 5.74) is 5.43. The highest BCUT2D eigenvalue weighted by Crippen LogP contribution is 2.06. The molecule has 0 aromatic rings. The molecule has 0 bridgehead atoms. The molecule has 14 heteroatoms. The summed E-state index contributed by atoms with van der Waals surface area (Å²) in [7, 11) is 0. The average Bonchev–Trinajstić information content (AvgIpc) is 2.65. The number of aliphatic carboxylic acids is 3.